The summed E-state index contributed by atoms with van der Waals surface area (Å²) in [6, 6.07) is 31.5. The van der Waals surface area contributed by atoms with E-state index in [0.717, 1.165) is 55.1 Å². The molecule has 1 saturated carbocycles. The molecule has 1 aliphatic heterocycles. The second-order valence-electron chi connectivity index (χ2n) is 11.4. The van der Waals surface area contributed by atoms with Crippen molar-refractivity contribution in [3.05, 3.63) is 96.1 Å². The van der Waals surface area contributed by atoms with Gasteiger partial charge in [-0.25, -0.2) is 4.98 Å². The maximum absolute atomic E-state index is 4.84. The molecule has 3 aromatic carbocycles. The van der Waals surface area contributed by atoms with Gasteiger partial charge in [0.05, 0.1) is 11.6 Å². The van der Waals surface area contributed by atoms with E-state index in [9.17, 15) is 0 Å². The smallest absolute Gasteiger partial charge is 0.225 e. The molecule has 2 fully saturated rings. The highest BCUT2D eigenvalue weighted by molar-refractivity contribution is 5.90. The van der Waals surface area contributed by atoms with E-state index in [1.807, 2.05) is 26.2 Å². The molecule has 4 aromatic rings. The first-order chi connectivity index (χ1) is 19.1. The van der Waals surface area contributed by atoms with Gasteiger partial charge in [-0.2, -0.15) is 4.98 Å². The number of fused-ring (bicyclic) bond motifs is 1. The zero-order valence-electron chi connectivity index (χ0n) is 23.1. The van der Waals surface area contributed by atoms with Gasteiger partial charge in [0, 0.05) is 51.2 Å². The van der Waals surface area contributed by atoms with Crippen molar-refractivity contribution in [3.63, 3.8) is 0 Å². The van der Waals surface area contributed by atoms with Crippen molar-refractivity contribution in [3.8, 4) is 0 Å². The van der Waals surface area contributed by atoms with Crippen LogP contribution in [0.4, 0.5) is 11.8 Å². The number of nitrogens with one attached hydrogen (secondary N) is 2. The molecule has 1 saturated heterocycles. The topological polar surface area (TPSA) is 56.3 Å². The molecule has 0 atom stereocenters. The third kappa shape index (κ3) is 5.92. The van der Waals surface area contributed by atoms with Crippen LogP contribution in [0.3, 0.4) is 0 Å². The minimum atomic E-state index is 0.343. The Balaban J connectivity index is 0.987. The molecule has 39 heavy (non-hydrogen) atoms. The summed E-state index contributed by atoms with van der Waals surface area (Å²) >= 11 is 0. The highest BCUT2D eigenvalue weighted by atomic mass is 15.2. The maximum atomic E-state index is 4.84. The summed E-state index contributed by atoms with van der Waals surface area (Å²) in [5.74, 6) is 2.43. The summed E-state index contributed by atoms with van der Waals surface area (Å²) in [5, 5.41) is 8.64. The zero-order valence-corrected chi connectivity index (χ0v) is 23.1. The van der Waals surface area contributed by atoms with Crippen LogP contribution in [0.5, 0.6) is 0 Å². The van der Waals surface area contributed by atoms with Crippen LogP contribution in [-0.2, 0) is 0 Å². The Hall–Kier alpha value is -3.48. The van der Waals surface area contributed by atoms with Crippen LogP contribution in [0.2, 0.25) is 0 Å². The number of likely N-dealkylation sites (tertiary alicyclic amines) is 1. The number of nitrogens with zero attached hydrogens (tertiary/aromatic N) is 4. The van der Waals surface area contributed by atoms with Crippen LogP contribution < -0.4 is 15.5 Å². The monoisotopic (exact) mass is 520 g/mol. The van der Waals surface area contributed by atoms with Crippen molar-refractivity contribution in [2.75, 3.05) is 43.9 Å². The number of aromatic nitrogens is 2. The van der Waals surface area contributed by atoms with Crippen molar-refractivity contribution in [1.82, 2.24) is 20.2 Å². The molecule has 0 unspecified atom stereocenters. The minimum absolute atomic E-state index is 0.343. The zero-order chi connectivity index (χ0) is 26.6. The van der Waals surface area contributed by atoms with E-state index in [0.29, 0.717) is 24.0 Å². The summed E-state index contributed by atoms with van der Waals surface area (Å²) < 4.78 is 0. The molecule has 6 nitrogen and oxygen atoms in total. The Morgan fingerprint density at radius 1 is 0.769 bits per heavy atom. The predicted octanol–water partition coefficient (Wildman–Crippen LogP) is 5.73. The molecular weight excluding hydrogens is 480 g/mol. The first kappa shape index (κ1) is 25.8. The van der Waals surface area contributed by atoms with E-state index < -0.39 is 0 Å². The number of hydrogen-bond donors (Lipinski definition) is 2. The van der Waals surface area contributed by atoms with Gasteiger partial charge in [-0.05, 0) is 54.9 Å². The second-order valence-corrected chi connectivity index (χ2v) is 11.4. The predicted molar refractivity (Wildman–Crippen MR) is 161 cm³/mol. The summed E-state index contributed by atoms with van der Waals surface area (Å²) in [5.41, 5.74) is 3.76. The number of rotatable bonds is 9. The lowest BCUT2D eigenvalue weighted by Crippen LogP contribution is -2.53. The first-order valence-corrected chi connectivity index (χ1v) is 14.4. The Morgan fingerprint density at radius 2 is 1.36 bits per heavy atom. The van der Waals surface area contributed by atoms with Crippen LogP contribution in [0, 0.1) is 5.92 Å². The third-order valence-corrected chi connectivity index (χ3v) is 8.34. The molecule has 0 radical (unpaired) electrons. The van der Waals surface area contributed by atoms with Crippen molar-refractivity contribution >= 4 is 22.7 Å². The van der Waals surface area contributed by atoms with Gasteiger partial charge < -0.3 is 15.5 Å². The molecule has 1 aromatic heterocycles. The highest BCUT2D eigenvalue weighted by Gasteiger charge is 2.34. The summed E-state index contributed by atoms with van der Waals surface area (Å²) in [6.07, 6.45) is 4.68. The van der Waals surface area contributed by atoms with Gasteiger partial charge in [0.25, 0.3) is 0 Å². The van der Waals surface area contributed by atoms with Gasteiger partial charge in [-0.15, -0.1) is 0 Å². The molecule has 6 rings (SSSR count). The Labute approximate surface area is 232 Å². The fourth-order valence-corrected chi connectivity index (χ4v) is 6.26. The summed E-state index contributed by atoms with van der Waals surface area (Å²) in [4.78, 5) is 14.3. The van der Waals surface area contributed by atoms with Crippen LogP contribution in [0.15, 0.2) is 84.9 Å². The average molecular weight is 521 g/mol. The highest BCUT2D eigenvalue weighted by Crippen LogP contribution is 2.34. The van der Waals surface area contributed by atoms with E-state index in [1.165, 1.54) is 24.0 Å². The molecule has 202 valence electrons. The molecule has 1 aliphatic carbocycles. The third-order valence-electron chi connectivity index (χ3n) is 8.34. The Bertz CT molecular complexity index is 1310. The first-order valence-electron chi connectivity index (χ1n) is 14.4. The number of hydrogen-bond acceptors (Lipinski definition) is 6. The number of para-hydroxylation sites is 1. The molecule has 0 bridgehead atoms. The van der Waals surface area contributed by atoms with Crippen molar-refractivity contribution in [2.45, 2.75) is 43.8 Å². The van der Waals surface area contributed by atoms with Crippen LogP contribution in [0.25, 0.3) is 10.9 Å². The fraction of sp³-hybridized carbons (Fsp3) is 0.394. The number of anilines is 2. The van der Waals surface area contributed by atoms with E-state index in [-0.39, 0.29) is 0 Å². The van der Waals surface area contributed by atoms with Crippen LogP contribution in [0.1, 0.15) is 42.9 Å². The summed E-state index contributed by atoms with van der Waals surface area (Å²) in [6.45, 7) is 3.40. The lowest BCUT2D eigenvalue weighted by molar-refractivity contribution is 0.0656. The van der Waals surface area contributed by atoms with Crippen LogP contribution >= 0.6 is 0 Å². The molecule has 2 N–H and O–H groups in total. The van der Waals surface area contributed by atoms with Crippen molar-refractivity contribution < 1.29 is 0 Å². The molecule has 2 aliphatic rings. The maximum Gasteiger partial charge on any atom is 0.225 e. The van der Waals surface area contributed by atoms with E-state index in [4.69, 9.17) is 9.97 Å². The Kier molecular flexibility index (Phi) is 7.75. The SMILES string of the molecule is CN(C)c1nc(N[C@H]2CC[C@@H](NCC3CN(C(c4ccccc4)c4ccccc4)C3)CC2)nc2ccccc12. The second kappa shape index (κ2) is 11.7. The van der Waals surface area contributed by atoms with E-state index in [2.05, 4.69) is 93.2 Å². The molecule has 2 heterocycles. The van der Waals surface area contributed by atoms with E-state index in [1.54, 1.807) is 0 Å². The molecule has 0 amide bonds. The van der Waals surface area contributed by atoms with Gasteiger partial charge in [-0.3, -0.25) is 4.90 Å². The quantitative estimate of drug-likeness (QED) is 0.294. The van der Waals surface area contributed by atoms with Gasteiger partial charge in [0.2, 0.25) is 5.95 Å². The van der Waals surface area contributed by atoms with E-state index >= 15 is 0 Å². The molecular formula is C33H40N6. The van der Waals surface area contributed by atoms with Gasteiger partial charge in [0.1, 0.15) is 5.82 Å². The standard InChI is InChI=1S/C33H40N6/c1-38(2)32-29-15-9-10-16-30(29)36-33(37-32)35-28-19-17-27(18-20-28)34-21-24-22-39(23-24)31(25-11-5-3-6-12-25)26-13-7-4-8-14-26/h3-16,24,27-28,31,34H,17-23H2,1-2H3,(H,35,36,37)/t27-,28+. The van der Waals surface area contributed by atoms with Gasteiger partial charge >= 0.3 is 0 Å². The normalized spacial score (nSPS) is 20.2. The largest absolute Gasteiger partial charge is 0.362 e. The Morgan fingerprint density at radius 3 is 2.00 bits per heavy atom. The number of benzene rings is 3. The van der Waals surface area contributed by atoms with Gasteiger partial charge in [-0.1, -0.05) is 72.8 Å². The molecule has 0 spiro atoms. The fourth-order valence-electron chi connectivity index (χ4n) is 6.26. The summed E-state index contributed by atoms with van der Waals surface area (Å²) in [7, 11) is 4.08. The van der Waals surface area contributed by atoms with Crippen LogP contribution in [-0.4, -0.2) is 60.7 Å². The lowest BCUT2D eigenvalue weighted by Gasteiger charge is -2.45. The van der Waals surface area contributed by atoms with Gasteiger partial charge in [0.15, 0.2) is 0 Å². The van der Waals surface area contributed by atoms with Crippen molar-refractivity contribution in [1.29, 1.82) is 0 Å². The lowest BCUT2D eigenvalue weighted by atomic mass is 9.88. The average Bonchev–Trinajstić information content (AvgIpc) is 2.95. The minimum Gasteiger partial charge on any atom is -0.362 e. The van der Waals surface area contributed by atoms with Crippen molar-refractivity contribution in [2.24, 2.45) is 5.92 Å². The molecule has 6 heteroatoms.